The molecule has 1 fully saturated rings. The molecule has 1 aromatic rings. The molecule has 4 nitrogen and oxygen atoms in total. The molecule has 1 aromatic heterocycles. The maximum atomic E-state index is 5.81. The lowest BCUT2D eigenvalue weighted by molar-refractivity contribution is 0.00867. The Morgan fingerprint density at radius 2 is 2.37 bits per heavy atom. The Morgan fingerprint density at radius 1 is 1.53 bits per heavy atom. The van der Waals surface area contributed by atoms with Gasteiger partial charge in [-0.3, -0.25) is 4.68 Å². The van der Waals surface area contributed by atoms with Crippen LogP contribution in [0.4, 0.5) is 0 Å². The maximum absolute atomic E-state index is 5.81. The lowest BCUT2D eigenvalue weighted by atomic mass is 9.99. The van der Waals surface area contributed by atoms with E-state index in [1.807, 2.05) is 18.7 Å². The van der Waals surface area contributed by atoms with E-state index in [0.717, 1.165) is 18.7 Å². The summed E-state index contributed by atoms with van der Waals surface area (Å²) in [4.78, 5) is 0. The number of hydrogen-bond acceptors (Lipinski definition) is 3. The molecule has 0 aromatic carbocycles. The number of hydrogen-bond donors (Lipinski definition) is 1. The number of aryl methyl sites for hydroxylation is 2. The summed E-state index contributed by atoms with van der Waals surface area (Å²) in [5, 5.41) is 7.84. The lowest BCUT2D eigenvalue weighted by Crippen LogP contribution is -2.30. The largest absolute Gasteiger partial charge is 0.378 e. The van der Waals surface area contributed by atoms with Crippen molar-refractivity contribution in [2.24, 2.45) is 7.05 Å². The fourth-order valence-corrected chi connectivity index (χ4v) is 2.88. The van der Waals surface area contributed by atoms with Crippen molar-refractivity contribution < 1.29 is 4.74 Å². The van der Waals surface area contributed by atoms with Gasteiger partial charge in [-0.15, -0.1) is 0 Å². The maximum Gasteiger partial charge on any atom is 0.0596 e. The molecule has 0 aliphatic carbocycles. The van der Waals surface area contributed by atoms with Crippen molar-refractivity contribution in [1.29, 1.82) is 0 Å². The summed E-state index contributed by atoms with van der Waals surface area (Å²) < 4.78 is 7.80. The molecule has 19 heavy (non-hydrogen) atoms. The Hall–Kier alpha value is -0.870. The van der Waals surface area contributed by atoms with Gasteiger partial charge in [0, 0.05) is 31.8 Å². The predicted octanol–water partition coefficient (Wildman–Crippen LogP) is 2.21. The molecule has 1 aliphatic rings. The molecule has 1 saturated heterocycles. The van der Waals surface area contributed by atoms with E-state index in [0.29, 0.717) is 12.1 Å². The molecular weight excluding hydrogens is 238 g/mol. The molecule has 0 amide bonds. The zero-order chi connectivity index (χ0) is 13.7. The molecule has 0 radical (unpaired) electrons. The molecule has 1 N–H and O–H groups in total. The van der Waals surface area contributed by atoms with Gasteiger partial charge in [0.2, 0.25) is 0 Å². The second-order valence-corrected chi connectivity index (χ2v) is 5.66. The quantitative estimate of drug-likeness (QED) is 0.857. The smallest absolute Gasteiger partial charge is 0.0596 e. The summed E-state index contributed by atoms with van der Waals surface area (Å²) in [6, 6.07) is 2.70. The second kappa shape index (κ2) is 7.06. The molecule has 2 heterocycles. The van der Waals surface area contributed by atoms with Crippen LogP contribution in [0.3, 0.4) is 0 Å². The summed E-state index contributed by atoms with van der Waals surface area (Å²) in [5.74, 6) is 0. The van der Waals surface area contributed by atoms with Gasteiger partial charge in [0.25, 0.3) is 0 Å². The highest BCUT2D eigenvalue weighted by molar-refractivity contribution is 5.10. The Bertz CT molecular complexity index is 383. The molecule has 1 aliphatic heterocycles. The first kappa shape index (κ1) is 14.5. The fraction of sp³-hybridized carbons (Fsp3) is 0.800. The first-order valence-electron chi connectivity index (χ1n) is 7.47. The zero-order valence-electron chi connectivity index (χ0n) is 12.5. The molecule has 0 bridgehead atoms. The van der Waals surface area contributed by atoms with Crippen LogP contribution < -0.4 is 5.32 Å². The van der Waals surface area contributed by atoms with Gasteiger partial charge in [0.05, 0.1) is 11.8 Å². The first-order valence-corrected chi connectivity index (χ1v) is 7.47. The third-order valence-corrected chi connectivity index (χ3v) is 4.07. The van der Waals surface area contributed by atoms with Gasteiger partial charge in [0.1, 0.15) is 0 Å². The van der Waals surface area contributed by atoms with Gasteiger partial charge >= 0.3 is 0 Å². The van der Waals surface area contributed by atoms with Crippen molar-refractivity contribution in [1.82, 2.24) is 15.1 Å². The van der Waals surface area contributed by atoms with Crippen LogP contribution in [-0.2, 0) is 18.2 Å². The number of nitrogens with zero attached hydrogens (tertiary/aromatic N) is 2. The van der Waals surface area contributed by atoms with E-state index in [1.165, 1.54) is 37.8 Å². The number of rotatable bonds is 6. The van der Waals surface area contributed by atoms with Crippen LogP contribution in [0.5, 0.6) is 0 Å². The molecule has 0 saturated carbocycles. The number of nitrogens with one attached hydrogen (secondary N) is 1. The normalized spacial score (nSPS) is 21.5. The van der Waals surface area contributed by atoms with E-state index in [-0.39, 0.29) is 0 Å². The van der Waals surface area contributed by atoms with Gasteiger partial charge in [-0.05, 0) is 52.1 Å². The molecule has 2 unspecified atom stereocenters. The van der Waals surface area contributed by atoms with Gasteiger partial charge in [-0.25, -0.2) is 0 Å². The molecule has 2 rings (SSSR count). The minimum absolute atomic E-state index is 0.484. The van der Waals surface area contributed by atoms with E-state index in [4.69, 9.17) is 4.74 Å². The second-order valence-electron chi connectivity index (χ2n) is 5.66. The Kier molecular flexibility index (Phi) is 5.40. The van der Waals surface area contributed by atoms with Crippen molar-refractivity contribution in [2.75, 3.05) is 13.7 Å². The van der Waals surface area contributed by atoms with Crippen molar-refractivity contribution in [3.05, 3.63) is 17.5 Å². The van der Waals surface area contributed by atoms with Crippen molar-refractivity contribution >= 4 is 0 Å². The highest BCUT2D eigenvalue weighted by Crippen LogP contribution is 2.19. The zero-order valence-corrected chi connectivity index (χ0v) is 12.5. The molecule has 4 heteroatoms. The number of likely N-dealkylation sites (N-methyl/N-ethyl adjacent to an activating group) is 1. The highest BCUT2D eigenvalue weighted by atomic mass is 16.5. The van der Waals surface area contributed by atoms with E-state index < -0.39 is 0 Å². The lowest BCUT2D eigenvalue weighted by Gasteiger charge is -2.24. The van der Waals surface area contributed by atoms with Crippen molar-refractivity contribution in [3.63, 3.8) is 0 Å². The van der Waals surface area contributed by atoms with Crippen LogP contribution in [0, 0.1) is 6.92 Å². The fourth-order valence-electron chi connectivity index (χ4n) is 2.88. The Morgan fingerprint density at radius 3 is 2.95 bits per heavy atom. The SMILES string of the molecule is CNC(CCC1CCCCO1)Cc1cc(C)nn1C. The summed E-state index contributed by atoms with van der Waals surface area (Å²) in [6.07, 6.45) is 7.67. The third kappa shape index (κ3) is 4.32. The standard InChI is InChI=1S/C15H27N3O/c1-12-10-14(18(3)17-12)11-13(16-2)7-8-15-6-4-5-9-19-15/h10,13,15-16H,4-9,11H2,1-3H3. The van der Waals surface area contributed by atoms with Crippen LogP contribution in [0.2, 0.25) is 0 Å². The van der Waals surface area contributed by atoms with Crippen LogP contribution >= 0.6 is 0 Å². The average molecular weight is 265 g/mol. The van der Waals surface area contributed by atoms with E-state index >= 15 is 0 Å². The Labute approximate surface area is 116 Å². The Balaban J connectivity index is 1.81. The summed E-state index contributed by atoms with van der Waals surface area (Å²) in [5.41, 5.74) is 2.41. The van der Waals surface area contributed by atoms with Gasteiger partial charge in [-0.2, -0.15) is 5.10 Å². The predicted molar refractivity (Wildman–Crippen MR) is 77.3 cm³/mol. The molecule has 2 atom stereocenters. The van der Waals surface area contributed by atoms with E-state index in [1.54, 1.807) is 0 Å². The minimum Gasteiger partial charge on any atom is -0.378 e. The van der Waals surface area contributed by atoms with Crippen LogP contribution in [-0.4, -0.2) is 35.6 Å². The summed E-state index contributed by atoms with van der Waals surface area (Å²) in [7, 11) is 4.08. The molecule has 0 spiro atoms. The first-order chi connectivity index (χ1) is 9.19. The van der Waals surface area contributed by atoms with Crippen molar-refractivity contribution in [3.8, 4) is 0 Å². The van der Waals surface area contributed by atoms with Gasteiger partial charge in [-0.1, -0.05) is 0 Å². The number of ether oxygens (including phenoxy) is 1. The van der Waals surface area contributed by atoms with Gasteiger partial charge < -0.3 is 10.1 Å². The van der Waals surface area contributed by atoms with E-state index in [9.17, 15) is 0 Å². The van der Waals surface area contributed by atoms with Crippen LogP contribution in [0.25, 0.3) is 0 Å². The molecule has 108 valence electrons. The highest BCUT2D eigenvalue weighted by Gasteiger charge is 2.17. The average Bonchev–Trinajstić information content (AvgIpc) is 2.74. The topological polar surface area (TPSA) is 39.1 Å². The molecular formula is C15H27N3O. The monoisotopic (exact) mass is 265 g/mol. The van der Waals surface area contributed by atoms with Gasteiger partial charge in [0.15, 0.2) is 0 Å². The summed E-state index contributed by atoms with van der Waals surface area (Å²) in [6.45, 7) is 3.00. The summed E-state index contributed by atoms with van der Waals surface area (Å²) >= 11 is 0. The minimum atomic E-state index is 0.484. The number of aromatic nitrogens is 2. The van der Waals surface area contributed by atoms with Crippen molar-refractivity contribution in [2.45, 2.75) is 57.6 Å². The van der Waals surface area contributed by atoms with Crippen LogP contribution in [0.15, 0.2) is 6.07 Å². The third-order valence-electron chi connectivity index (χ3n) is 4.07. The van der Waals surface area contributed by atoms with Crippen LogP contribution in [0.1, 0.15) is 43.5 Å². The van der Waals surface area contributed by atoms with E-state index in [2.05, 4.69) is 23.5 Å².